The molecule has 0 bridgehead atoms. The Morgan fingerprint density at radius 1 is 1.00 bits per heavy atom. The van der Waals surface area contributed by atoms with Crippen LogP contribution in [0.3, 0.4) is 0 Å². The Balaban J connectivity index is 1.54. The third-order valence-corrected chi connectivity index (χ3v) is 8.35. The number of hydrogen-bond acceptors (Lipinski definition) is 4. The molecule has 0 aromatic heterocycles. The Morgan fingerprint density at radius 3 is 2.41 bits per heavy atom. The third-order valence-electron chi connectivity index (χ3n) is 6.93. The van der Waals surface area contributed by atoms with E-state index in [0.29, 0.717) is 30.3 Å². The van der Waals surface area contributed by atoms with Gasteiger partial charge in [-0.1, -0.05) is 25.7 Å². The van der Waals surface area contributed by atoms with Crippen LogP contribution in [-0.2, 0) is 20.2 Å². The van der Waals surface area contributed by atoms with Crippen LogP contribution in [0.1, 0.15) is 56.9 Å². The maximum atomic E-state index is 14.2. The van der Waals surface area contributed by atoms with Crippen LogP contribution in [0.15, 0.2) is 35.2 Å². The molecule has 1 spiro atoms. The first-order chi connectivity index (χ1) is 15.3. The maximum absolute atomic E-state index is 14.2. The standard InChI is InChI=1S/C23H25F2N3O3S/c24-14-7-8-20(18(25)11-14)32(30,31)28-16-12-17-21(27-22(29)23(17)9-4-10-23)19(13-16)26-15-5-2-1-3-6-15/h7-8,11-13,15,26,28H,1-6,9-10H2,(H,27,29). The summed E-state index contributed by atoms with van der Waals surface area (Å²) in [5, 5.41) is 6.50. The Labute approximate surface area is 185 Å². The lowest BCUT2D eigenvalue weighted by atomic mass is 9.65. The van der Waals surface area contributed by atoms with Crippen LogP contribution in [0, 0.1) is 11.6 Å². The molecule has 6 nitrogen and oxygen atoms in total. The fourth-order valence-corrected chi connectivity index (χ4v) is 6.18. The number of halogens is 2. The summed E-state index contributed by atoms with van der Waals surface area (Å²) in [6, 6.07) is 5.90. The van der Waals surface area contributed by atoms with E-state index < -0.39 is 32.0 Å². The van der Waals surface area contributed by atoms with Crippen molar-refractivity contribution in [1.82, 2.24) is 0 Å². The van der Waals surface area contributed by atoms with E-state index in [-0.39, 0.29) is 17.6 Å². The average molecular weight is 462 g/mol. The predicted octanol–water partition coefficient (Wildman–Crippen LogP) is 4.88. The quantitative estimate of drug-likeness (QED) is 0.592. The van der Waals surface area contributed by atoms with Crippen LogP contribution in [0.5, 0.6) is 0 Å². The number of sulfonamides is 1. The number of anilines is 3. The van der Waals surface area contributed by atoms with Gasteiger partial charge in [0.15, 0.2) is 0 Å². The number of benzene rings is 2. The van der Waals surface area contributed by atoms with Gasteiger partial charge in [-0.3, -0.25) is 9.52 Å². The summed E-state index contributed by atoms with van der Waals surface area (Å²) in [5.41, 5.74) is 1.75. The molecule has 0 atom stereocenters. The van der Waals surface area contributed by atoms with E-state index in [1.807, 2.05) is 0 Å². The molecule has 0 saturated heterocycles. The molecule has 9 heteroatoms. The highest BCUT2D eigenvalue weighted by molar-refractivity contribution is 7.92. The van der Waals surface area contributed by atoms with Crippen molar-refractivity contribution in [3.63, 3.8) is 0 Å². The van der Waals surface area contributed by atoms with E-state index in [4.69, 9.17) is 0 Å². The summed E-state index contributed by atoms with van der Waals surface area (Å²) >= 11 is 0. The number of nitrogens with one attached hydrogen (secondary N) is 3. The van der Waals surface area contributed by atoms with E-state index in [0.717, 1.165) is 49.8 Å². The lowest BCUT2D eigenvalue weighted by Gasteiger charge is -2.36. The monoisotopic (exact) mass is 461 g/mol. The summed E-state index contributed by atoms with van der Waals surface area (Å²) in [6.45, 7) is 0. The number of rotatable bonds is 5. The largest absolute Gasteiger partial charge is 0.381 e. The highest BCUT2D eigenvalue weighted by Gasteiger charge is 2.52. The Kier molecular flexibility index (Phi) is 5.11. The van der Waals surface area contributed by atoms with Gasteiger partial charge in [0.05, 0.1) is 22.5 Å². The van der Waals surface area contributed by atoms with Crippen LogP contribution >= 0.6 is 0 Å². The van der Waals surface area contributed by atoms with E-state index in [9.17, 15) is 22.0 Å². The minimum Gasteiger partial charge on any atom is -0.381 e. The maximum Gasteiger partial charge on any atom is 0.264 e. The van der Waals surface area contributed by atoms with Crippen molar-refractivity contribution in [2.45, 2.75) is 67.7 Å². The molecule has 170 valence electrons. The van der Waals surface area contributed by atoms with Crippen LogP contribution < -0.4 is 15.4 Å². The zero-order chi connectivity index (χ0) is 22.5. The molecule has 32 heavy (non-hydrogen) atoms. The van der Waals surface area contributed by atoms with E-state index >= 15 is 0 Å². The summed E-state index contributed by atoms with van der Waals surface area (Å²) in [7, 11) is -4.29. The van der Waals surface area contributed by atoms with Gasteiger partial charge in [0.2, 0.25) is 5.91 Å². The fraction of sp³-hybridized carbons (Fsp3) is 0.435. The summed E-state index contributed by atoms with van der Waals surface area (Å²) < 4.78 is 55.6. The van der Waals surface area contributed by atoms with Crippen molar-refractivity contribution in [2.24, 2.45) is 0 Å². The van der Waals surface area contributed by atoms with Gasteiger partial charge in [-0.15, -0.1) is 0 Å². The van der Waals surface area contributed by atoms with Gasteiger partial charge in [-0.2, -0.15) is 0 Å². The van der Waals surface area contributed by atoms with Gasteiger partial charge in [-0.25, -0.2) is 17.2 Å². The molecule has 3 N–H and O–H groups in total. The second kappa shape index (κ2) is 7.72. The summed E-state index contributed by atoms with van der Waals surface area (Å²) in [6.07, 6.45) is 7.77. The molecular formula is C23H25F2N3O3S. The predicted molar refractivity (Wildman–Crippen MR) is 118 cm³/mol. The first-order valence-electron chi connectivity index (χ1n) is 11.0. The van der Waals surface area contributed by atoms with Gasteiger partial charge in [0, 0.05) is 12.1 Å². The molecular weight excluding hydrogens is 436 g/mol. The highest BCUT2D eigenvalue weighted by Crippen LogP contribution is 2.54. The van der Waals surface area contributed by atoms with Crippen LogP contribution in [0.25, 0.3) is 0 Å². The number of fused-ring (bicyclic) bond motifs is 2. The lowest BCUT2D eigenvalue weighted by molar-refractivity contribution is -0.123. The zero-order valence-electron chi connectivity index (χ0n) is 17.5. The first-order valence-corrected chi connectivity index (χ1v) is 12.5. The minimum absolute atomic E-state index is 0.0602. The zero-order valence-corrected chi connectivity index (χ0v) is 18.3. The normalized spacial score (nSPS) is 19.9. The average Bonchev–Trinajstić information content (AvgIpc) is 3.00. The molecule has 2 fully saturated rings. The lowest BCUT2D eigenvalue weighted by Crippen LogP contribution is -2.40. The Hall–Kier alpha value is -2.68. The van der Waals surface area contributed by atoms with E-state index in [1.54, 1.807) is 12.1 Å². The van der Waals surface area contributed by atoms with Gasteiger partial charge in [0.25, 0.3) is 10.0 Å². The summed E-state index contributed by atoms with van der Waals surface area (Å²) in [4.78, 5) is 12.2. The molecule has 2 saturated carbocycles. The Bertz CT molecular complexity index is 1190. The smallest absolute Gasteiger partial charge is 0.264 e. The van der Waals surface area contributed by atoms with Crippen molar-refractivity contribution in [2.75, 3.05) is 15.4 Å². The van der Waals surface area contributed by atoms with Crippen molar-refractivity contribution < 1.29 is 22.0 Å². The topological polar surface area (TPSA) is 87.3 Å². The fourth-order valence-electron chi connectivity index (χ4n) is 5.08. The SMILES string of the molecule is O=C1Nc2c(NC3CCCCC3)cc(NS(=O)(=O)c3ccc(F)cc3F)cc2C12CCC2. The molecule has 0 unspecified atom stereocenters. The summed E-state index contributed by atoms with van der Waals surface area (Å²) in [5.74, 6) is -2.07. The number of carbonyl (C=O) groups excluding carboxylic acids is 1. The Morgan fingerprint density at radius 2 is 1.75 bits per heavy atom. The van der Waals surface area contributed by atoms with Crippen LogP contribution in [0.2, 0.25) is 0 Å². The van der Waals surface area contributed by atoms with Crippen LogP contribution in [-0.4, -0.2) is 20.4 Å². The van der Waals surface area contributed by atoms with Crippen molar-refractivity contribution >= 4 is 33.0 Å². The molecule has 1 aliphatic heterocycles. The van der Waals surface area contributed by atoms with Gasteiger partial charge >= 0.3 is 0 Å². The van der Waals surface area contributed by atoms with Crippen molar-refractivity contribution in [3.8, 4) is 0 Å². The molecule has 5 rings (SSSR count). The first kappa shape index (κ1) is 21.2. The van der Waals surface area contributed by atoms with Crippen LogP contribution in [0.4, 0.5) is 25.8 Å². The third kappa shape index (κ3) is 3.52. The molecule has 1 heterocycles. The molecule has 1 amide bonds. The molecule has 0 radical (unpaired) electrons. The number of amides is 1. The minimum atomic E-state index is -4.29. The number of carbonyl (C=O) groups is 1. The number of hydrogen-bond donors (Lipinski definition) is 3. The second-order valence-corrected chi connectivity index (χ2v) is 10.6. The van der Waals surface area contributed by atoms with E-state index in [2.05, 4.69) is 15.4 Å². The molecule has 2 aliphatic carbocycles. The highest BCUT2D eigenvalue weighted by atomic mass is 32.2. The van der Waals surface area contributed by atoms with Gasteiger partial charge < -0.3 is 10.6 Å². The second-order valence-electron chi connectivity index (χ2n) is 9.00. The van der Waals surface area contributed by atoms with Crippen molar-refractivity contribution in [1.29, 1.82) is 0 Å². The van der Waals surface area contributed by atoms with Crippen molar-refractivity contribution in [3.05, 3.63) is 47.5 Å². The van der Waals surface area contributed by atoms with Gasteiger partial charge in [-0.05, 0) is 55.5 Å². The molecule has 2 aromatic carbocycles. The van der Waals surface area contributed by atoms with Gasteiger partial charge in [0.1, 0.15) is 16.5 Å². The van der Waals surface area contributed by atoms with E-state index in [1.165, 1.54) is 6.42 Å². The molecule has 3 aliphatic rings. The molecule has 2 aromatic rings.